The Bertz CT molecular complexity index is 424. The van der Waals surface area contributed by atoms with Crippen molar-refractivity contribution in [2.75, 3.05) is 6.54 Å². The lowest BCUT2D eigenvalue weighted by Gasteiger charge is -2.15. The van der Waals surface area contributed by atoms with Crippen LogP contribution in [-0.2, 0) is 0 Å². The molecule has 0 bridgehead atoms. The van der Waals surface area contributed by atoms with E-state index < -0.39 is 0 Å². The van der Waals surface area contributed by atoms with Crippen LogP contribution in [0.1, 0.15) is 29.8 Å². The Morgan fingerprint density at radius 3 is 2.88 bits per heavy atom. The highest BCUT2D eigenvalue weighted by Crippen LogP contribution is 2.31. The van der Waals surface area contributed by atoms with Gasteiger partial charge < -0.3 is 9.73 Å². The Morgan fingerprint density at radius 1 is 1.44 bits per heavy atom. The fourth-order valence-corrected chi connectivity index (χ4v) is 3.12. The second-order valence-electron chi connectivity index (χ2n) is 3.59. The smallest absolute Gasteiger partial charge is 0.0954 e. The normalized spacial score (nSPS) is 12.9. The molecule has 2 nitrogen and oxygen atoms in total. The number of hydrogen-bond acceptors (Lipinski definition) is 3. The summed E-state index contributed by atoms with van der Waals surface area (Å²) in [4.78, 5) is 1.31. The SMILES string of the molecule is CCCNC(c1ccoc1)c1ccc(Br)s1. The van der Waals surface area contributed by atoms with Crippen LogP contribution in [0.15, 0.2) is 38.9 Å². The van der Waals surface area contributed by atoms with Gasteiger partial charge in [0.1, 0.15) is 0 Å². The summed E-state index contributed by atoms with van der Waals surface area (Å²) >= 11 is 5.26. The van der Waals surface area contributed by atoms with Gasteiger partial charge in [-0.2, -0.15) is 0 Å². The molecule has 16 heavy (non-hydrogen) atoms. The molecule has 0 aliphatic heterocycles. The molecule has 2 aromatic heterocycles. The minimum absolute atomic E-state index is 0.245. The van der Waals surface area contributed by atoms with Crippen LogP contribution in [-0.4, -0.2) is 6.54 Å². The molecule has 0 spiro atoms. The van der Waals surface area contributed by atoms with Gasteiger partial charge in [-0.3, -0.25) is 0 Å². The topological polar surface area (TPSA) is 25.2 Å². The molecule has 4 heteroatoms. The van der Waals surface area contributed by atoms with E-state index in [2.05, 4.69) is 40.3 Å². The van der Waals surface area contributed by atoms with Crippen molar-refractivity contribution in [1.29, 1.82) is 0 Å². The maximum Gasteiger partial charge on any atom is 0.0954 e. The van der Waals surface area contributed by atoms with Gasteiger partial charge in [-0.05, 0) is 47.1 Å². The molecule has 1 atom stereocenters. The minimum Gasteiger partial charge on any atom is -0.472 e. The van der Waals surface area contributed by atoms with Gasteiger partial charge in [0.15, 0.2) is 0 Å². The Morgan fingerprint density at radius 2 is 2.31 bits per heavy atom. The summed E-state index contributed by atoms with van der Waals surface area (Å²) in [5.41, 5.74) is 1.18. The van der Waals surface area contributed by atoms with E-state index in [0.717, 1.165) is 16.8 Å². The van der Waals surface area contributed by atoms with E-state index in [1.165, 1.54) is 10.4 Å². The van der Waals surface area contributed by atoms with Crippen molar-refractivity contribution < 1.29 is 4.42 Å². The highest BCUT2D eigenvalue weighted by atomic mass is 79.9. The molecule has 0 fully saturated rings. The summed E-state index contributed by atoms with van der Waals surface area (Å²) in [5, 5.41) is 3.53. The molecule has 2 rings (SSSR count). The third-order valence-corrected chi connectivity index (χ3v) is 4.04. The predicted molar refractivity (Wildman–Crippen MR) is 70.9 cm³/mol. The average molecular weight is 300 g/mol. The van der Waals surface area contributed by atoms with Crippen molar-refractivity contribution in [1.82, 2.24) is 5.32 Å². The summed E-state index contributed by atoms with van der Waals surface area (Å²) in [6, 6.07) is 6.49. The first kappa shape index (κ1) is 11.9. The van der Waals surface area contributed by atoms with Crippen LogP contribution < -0.4 is 5.32 Å². The van der Waals surface area contributed by atoms with E-state index in [1.807, 2.05) is 6.07 Å². The number of furan rings is 1. The molecule has 0 aliphatic carbocycles. The van der Waals surface area contributed by atoms with Gasteiger partial charge >= 0.3 is 0 Å². The number of rotatable bonds is 5. The van der Waals surface area contributed by atoms with Gasteiger partial charge in [-0.1, -0.05) is 6.92 Å². The molecule has 0 aliphatic rings. The molecular weight excluding hydrogens is 286 g/mol. The number of halogens is 1. The fourth-order valence-electron chi connectivity index (χ4n) is 1.59. The summed E-state index contributed by atoms with van der Waals surface area (Å²) in [5.74, 6) is 0. The van der Waals surface area contributed by atoms with E-state index >= 15 is 0 Å². The zero-order valence-corrected chi connectivity index (χ0v) is 11.5. The van der Waals surface area contributed by atoms with Crippen LogP contribution >= 0.6 is 27.3 Å². The lowest BCUT2D eigenvalue weighted by molar-refractivity contribution is 0.550. The molecule has 0 aromatic carbocycles. The third kappa shape index (κ3) is 2.75. The maximum absolute atomic E-state index is 5.16. The number of thiophene rings is 1. The van der Waals surface area contributed by atoms with Crippen molar-refractivity contribution in [3.8, 4) is 0 Å². The molecule has 86 valence electrons. The largest absolute Gasteiger partial charge is 0.472 e. The Labute approximate surface area is 108 Å². The second-order valence-corrected chi connectivity index (χ2v) is 6.08. The molecule has 1 unspecified atom stereocenters. The summed E-state index contributed by atoms with van der Waals surface area (Å²) in [6.07, 6.45) is 4.65. The first-order chi connectivity index (χ1) is 7.81. The molecule has 1 N–H and O–H groups in total. The van der Waals surface area contributed by atoms with E-state index in [4.69, 9.17) is 4.42 Å². The van der Waals surface area contributed by atoms with Gasteiger partial charge in [-0.25, -0.2) is 0 Å². The van der Waals surface area contributed by atoms with Gasteiger partial charge in [0.2, 0.25) is 0 Å². The lowest BCUT2D eigenvalue weighted by atomic mass is 10.1. The van der Waals surface area contributed by atoms with Crippen LogP contribution in [0.4, 0.5) is 0 Å². The number of hydrogen-bond donors (Lipinski definition) is 1. The fraction of sp³-hybridized carbons (Fsp3) is 0.333. The number of nitrogens with one attached hydrogen (secondary N) is 1. The summed E-state index contributed by atoms with van der Waals surface area (Å²) in [6.45, 7) is 3.18. The third-order valence-electron chi connectivity index (χ3n) is 2.35. The monoisotopic (exact) mass is 299 g/mol. The quantitative estimate of drug-likeness (QED) is 0.895. The van der Waals surface area contributed by atoms with Crippen molar-refractivity contribution in [2.24, 2.45) is 0 Å². The van der Waals surface area contributed by atoms with Crippen LogP contribution in [0.5, 0.6) is 0 Å². The highest BCUT2D eigenvalue weighted by molar-refractivity contribution is 9.11. The van der Waals surface area contributed by atoms with Crippen LogP contribution in [0.25, 0.3) is 0 Å². The molecule has 0 saturated heterocycles. The minimum atomic E-state index is 0.245. The van der Waals surface area contributed by atoms with E-state index in [1.54, 1.807) is 23.9 Å². The summed E-state index contributed by atoms with van der Waals surface area (Å²) < 4.78 is 6.32. The molecule has 0 amide bonds. The summed E-state index contributed by atoms with van der Waals surface area (Å²) in [7, 11) is 0. The molecule has 0 radical (unpaired) electrons. The van der Waals surface area contributed by atoms with Crippen molar-refractivity contribution >= 4 is 27.3 Å². The Kier molecular flexibility index (Phi) is 4.21. The van der Waals surface area contributed by atoms with E-state index in [0.29, 0.717) is 0 Å². The van der Waals surface area contributed by atoms with Gasteiger partial charge in [-0.15, -0.1) is 11.3 Å². The van der Waals surface area contributed by atoms with Crippen molar-refractivity contribution in [3.63, 3.8) is 0 Å². The van der Waals surface area contributed by atoms with Gasteiger partial charge in [0.25, 0.3) is 0 Å². The molecule has 2 heterocycles. The standard InChI is InChI=1S/C12H14BrNOS/c1-2-6-14-12(9-5-7-15-8-9)10-3-4-11(13)16-10/h3-5,7-8,12,14H,2,6H2,1H3. The van der Waals surface area contributed by atoms with Crippen LogP contribution in [0.3, 0.4) is 0 Å². The second kappa shape index (κ2) is 5.66. The predicted octanol–water partition coefficient (Wildman–Crippen LogP) is 4.19. The highest BCUT2D eigenvalue weighted by Gasteiger charge is 2.16. The molecule has 2 aromatic rings. The molecule has 0 saturated carbocycles. The zero-order chi connectivity index (χ0) is 11.4. The van der Waals surface area contributed by atoms with Crippen molar-refractivity contribution in [2.45, 2.75) is 19.4 Å². The lowest BCUT2D eigenvalue weighted by Crippen LogP contribution is -2.21. The Balaban J connectivity index is 2.21. The van der Waals surface area contributed by atoms with E-state index in [9.17, 15) is 0 Å². The van der Waals surface area contributed by atoms with Gasteiger partial charge in [0.05, 0.1) is 22.4 Å². The first-order valence-corrected chi connectivity index (χ1v) is 6.93. The van der Waals surface area contributed by atoms with Crippen molar-refractivity contribution in [3.05, 3.63) is 45.0 Å². The van der Waals surface area contributed by atoms with E-state index in [-0.39, 0.29) is 6.04 Å². The first-order valence-electron chi connectivity index (χ1n) is 5.32. The maximum atomic E-state index is 5.16. The van der Waals surface area contributed by atoms with Crippen LogP contribution in [0.2, 0.25) is 0 Å². The van der Waals surface area contributed by atoms with Gasteiger partial charge in [0, 0.05) is 10.4 Å². The Hall–Kier alpha value is -0.580. The molecular formula is C12H14BrNOS. The average Bonchev–Trinajstić information content (AvgIpc) is 2.91. The van der Waals surface area contributed by atoms with Crippen LogP contribution in [0, 0.1) is 0 Å². The zero-order valence-electron chi connectivity index (χ0n) is 9.07.